The van der Waals surface area contributed by atoms with Crippen molar-refractivity contribution in [1.82, 2.24) is 15.5 Å². The van der Waals surface area contributed by atoms with E-state index in [1.165, 1.54) is 12.3 Å². The number of anilines is 1. The summed E-state index contributed by atoms with van der Waals surface area (Å²) in [5.74, 6) is -0.896. The number of alkyl carbamates (subject to hydrolysis) is 1. The topological polar surface area (TPSA) is 106 Å². The number of carbonyl (C=O) groups excluding carboxylic acids is 2. The number of amides is 2. The number of hydrogen-bond acceptors (Lipinski definition) is 6. The molecule has 0 bridgehead atoms. The summed E-state index contributed by atoms with van der Waals surface area (Å²) in [7, 11) is 0. The third-order valence-corrected chi connectivity index (χ3v) is 5.73. The smallest absolute Gasteiger partial charge is 0.408 e. The van der Waals surface area contributed by atoms with Gasteiger partial charge >= 0.3 is 6.09 Å². The van der Waals surface area contributed by atoms with Crippen molar-refractivity contribution in [2.24, 2.45) is 5.92 Å². The van der Waals surface area contributed by atoms with E-state index in [2.05, 4.69) is 20.8 Å². The summed E-state index contributed by atoms with van der Waals surface area (Å²) in [6, 6.07) is 0.443. The molecule has 33 heavy (non-hydrogen) atoms. The van der Waals surface area contributed by atoms with Crippen LogP contribution in [0.5, 0.6) is 0 Å². The number of nitrogens with zero attached hydrogens (tertiary/aromatic N) is 2. The zero-order chi connectivity index (χ0) is 24.2. The largest absolute Gasteiger partial charge is 0.444 e. The van der Waals surface area contributed by atoms with Crippen LogP contribution in [0, 0.1) is 25.6 Å². The van der Waals surface area contributed by atoms with Crippen LogP contribution in [0.15, 0.2) is 16.8 Å². The Labute approximate surface area is 193 Å². The number of halogens is 1. The van der Waals surface area contributed by atoms with Gasteiger partial charge in [-0.15, -0.1) is 0 Å². The van der Waals surface area contributed by atoms with Gasteiger partial charge in [-0.1, -0.05) is 30.8 Å². The number of ether oxygens (including phenoxy) is 1. The number of pyridine rings is 1. The Morgan fingerprint density at radius 1 is 1.18 bits per heavy atom. The molecule has 1 fully saturated rings. The van der Waals surface area contributed by atoms with Crippen molar-refractivity contribution in [1.29, 1.82) is 0 Å². The number of hydrogen-bond donors (Lipinski definition) is 2. The first-order valence-electron chi connectivity index (χ1n) is 11.4. The number of aryl methyl sites for hydroxylation is 2. The SMILES string of the molecule is Cc1noc(C)c1-c1cnc(NC(=O)[C@@H](NC(=O)OC(C)(C)C)C2CCCCCC2)c(F)c1. The zero-order valence-corrected chi connectivity index (χ0v) is 20.0. The van der Waals surface area contributed by atoms with E-state index in [0.29, 0.717) is 22.6 Å². The van der Waals surface area contributed by atoms with Crippen molar-refractivity contribution in [3.05, 3.63) is 29.5 Å². The van der Waals surface area contributed by atoms with Crippen LogP contribution >= 0.6 is 0 Å². The van der Waals surface area contributed by atoms with E-state index in [-0.39, 0.29) is 11.7 Å². The van der Waals surface area contributed by atoms with E-state index in [0.717, 1.165) is 38.5 Å². The van der Waals surface area contributed by atoms with Gasteiger partial charge in [-0.25, -0.2) is 14.2 Å². The van der Waals surface area contributed by atoms with E-state index >= 15 is 0 Å². The van der Waals surface area contributed by atoms with E-state index < -0.39 is 29.5 Å². The van der Waals surface area contributed by atoms with Gasteiger partial charge in [-0.05, 0) is 59.4 Å². The number of nitrogens with one attached hydrogen (secondary N) is 2. The van der Waals surface area contributed by atoms with E-state index in [9.17, 15) is 14.0 Å². The molecule has 0 radical (unpaired) electrons. The molecule has 0 unspecified atom stereocenters. The lowest BCUT2D eigenvalue weighted by Crippen LogP contribution is -2.50. The fraction of sp³-hybridized carbons (Fsp3) is 0.583. The fourth-order valence-electron chi connectivity index (χ4n) is 4.23. The molecular weight excluding hydrogens is 427 g/mol. The lowest BCUT2D eigenvalue weighted by Gasteiger charge is -2.28. The molecule has 2 N–H and O–H groups in total. The summed E-state index contributed by atoms with van der Waals surface area (Å²) in [5.41, 5.74) is 1.10. The van der Waals surface area contributed by atoms with Crippen LogP contribution in [0.25, 0.3) is 11.1 Å². The molecule has 0 aromatic carbocycles. The summed E-state index contributed by atoms with van der Waals surface area (Å²) >= 11 is 0. The molecule has 8 nitrogen and oxygen atoms in total. The summed E-state index contributed by atoms with van der Waals surface area (Å²) in [6.07, 6.45) is 6.53. The maximum absolute atomic E-state index is 14.9. The number of aromatic nitrogens is 2. The summed E-state index contributed by atoms with van der Waals surface area (Å²) in [6.45, 7) is 8.77. The molecule has 2 heterocycles. The van der Waals surface area contributed by atoms with Crippen LogP contribution < -0.4 is 10.6 Å². The summed E-state index contributed by atoms with van der Waals surface area (Å²) < 4.78 is 25.4. The number of carbonyl (C=O) groups is 2. The van der Waals surface area contributed by atoms with Gasteiger partial charge in [0.25, 0.3) is 0 Å². The molecule has 0 aliphatic heterocycles. The molecule has 180 valence electrons. The zero-order valence-electron chi connectivity index (χ0n) is 20.0. The van der Waals surface area contributed by atoms with E-state index in [1.54, 1.807) is 34.6 Å². The molecule has 1 aliphatic carbocycles. The van der Waals surface area contributed by atoms with Crippen molar-refractivity contribution in [3.63, 3.8) is 0 Å². The highest BCUT2D eigenvalue weighted by atomic mass is 19.1. The van der Waals surface area contributed by atoms with E-state index in [4.69, 9.17) is 9.26 Å². The van der Waals surface area contributed by atoms with Crippen LogP contribution in [0.3, 0.4) is 0 Å². The first-order chi connectivity index (χ1) is 15.5. The third kappa shape index (κ3) is 6.52. The van der Waals surface area contributed by atoms with Crippen LogP contribution in [0.4, 0.5) is 15.0 Å². The second-order valence-corrected chi connectivity index (χ2v) is 9.62. The van der Waals surface area contributed by atoms with Crippen molar-refractivity contribution in [2.75, 3.05) is 5.32 Å². The van der Waals surface area contributed by atoms with Gasteiger partial charge in [0, 0.05) is 17.3 Å². The lowest BCUT2D eigenvalue weighted by molar-refractivity contribution is -0.119. The minimum Gasteiger partial charge on any atom is -0.444 e. The molecule has 2 aromatic heterocycles. The van der Waals surface area contributed by atoms with Gasteiger partial charge in [0.05, 0.1) is 5.69 Å². The molecule has 1 aliphatic rings. The van der Waals surface area contributed by atoms with Crippen molar-refractivity contribution >= 4 is 17.8 Å². The quantitative estimate of drug-likeness (QED) is 0.587. The highest BCUT2D eigenvalue weighted by Crippen LogP contribution is 2.29. The van der Waals surface area contributed by atoms with Gasteiger partial charge in [0.1, 0.15) is 17.4 Å². The van der Waals surface area contributed by atoms with E-state index in [1.807, 2.05) is 0 Å². The molecule has 1 saturated carbocycles. The molecule has 2 aromatic rings. The Bertz CT molecular complexity index is 971. The Morgan fingerprint density at radius 2 is 1.85 bits per heavy atom. The highest BCUT2D eigenvalue weighted by molar-refractivity contribution is 5.96. The Balaban J connectivity index is 1.80. The first kappa shape index (κ1) is 24.7. The van der Waals surface area contributed by atoms with Crippen molar-refractivity contribution in [2.45, 2.75) is 84.8 Å². The van der Waals surface area contributed by atoms with Gasteiger partial charge in [0.2, 0.25) is 5.91 Å². The summed E-state index contributed by atoms with van der Waals surface area (Å²) in [5, 5.41) is 9.16. The monoisotopic (exact) mass is 460 g/mol. The normalized spacial score (nSPS) is 16.1. The summed E-state index contributed by atoms with van der Waals surface area (Å²) in [4.78, 5) is 29.8. The highest BCUT2D eigenvalue weighted by Gasteiger charge is 2.32. The van der Waals surface area contributed by atoms with Crippen molar-refractivity contribution in [3.8, 4) is 11.1 Å². The second-order valence-electron chi connectivity index (χ2n) is 9.62. The fourth-order valence-corrected chi connectivity index (χ4v) is 4.23. The third-order valence-electron chi connectivity index (χ3n) is 5.73. The Morgan fingerprint density at radius 3 is 2.39 bits per heavy atom. The van der Waals surface area contributed by atoms with Crippen LogP contribution in [-0.2, 0) is 9.53 Å². The number of rotatable bonds is 5. The molecule has 9 heteroatoms. The molecule has 2 amide bonds. The van der Waals surface area contributed by atoms with Crippen LogP contribution in [0.1, 0.15) is 70.8 Å². The molecule has 0 saturated heterocycles. The molecule has 0 spiro atoms. The standard InChI is InChI=1S/C24H33FN4O4/c1-14-19(15(2)33-29-14)17-12-18(25)21(26-13-17)28-22(30)20(16-10-8-6-7-9-11-16)27-23(31)32-24(3,4)5/h12-13,16,20H,6-11H2,1-5H3,(H,27,31)(H,26,28,30)/t20-/m0/s1. The Kier molecular flexibility index (Phi) is 7.71. The maximum Gasteiger partial charge on any atom is 0.408 e. The molecule has 1 atom stereocenters. The Hall–Kier alpha value is -2.97. The predicted octanol–water partition coefficient (Wildman–Crippen LogP) is 5.29. The van der Waals surface area contributed by atoms with Gasteiger partial charge in [-0.3, -0.25) is 4.79 Å². The van der Waals surface area contributed by atoms with Crippen molar-refractivity contribution < 1.29 is 23.2 Å². The van der Waals surface area contributed by atoms with Gasteiger partial charge < -0.3 is 19.9 Å². The van der Waals surface area contributed by atoms with Crippen LogP contribution in [-0.4, -0.2) is 33.8 Å². The second kappa shape index (κ2) is 10.3. The first-order valence-corrected chi connectivity index (χ1v) is 11.4. The van der Waals surface area contributed by atoms with Gasteiger partial charge in [-0.2, -0.15) is 0 Å². The maximum atomic E-state index is 14.9. The molecule has 3 rings (SSSR count). The lowest BCUT2D eigenvalue weighted by atomic mass is 9.91. The minimum atomic E-state index is -0.846. The predicted molar refractivity (Wildman–Crippen MR) is 122 cm³/mol. The average molecular weight is 461 g/mol. The average Bonchev–Trinajstić information content (AvgIpc) is 2.91. The van der Waals surface area contributed by atoms with Gasteiger partial charge in [0.15, 0.2) is 11.6 Å². The molecular formula is C24H33FN4O4. The van der Waals surface area contributed by atoms with Crippen LogP contribution in [0.2, 0.25) is 0 Å². The minimum absolute atomic E-state index is 0.0651.